The fourth-order valence-corrected chi connectivity index (χ4v) is 9.37. The molecule has 0 aliphatic rings. The van der Waals surface area contributed by atoms with E-state index >= 15 is 0 Å². The summed E-state index contributed by atoms with van der Waals surface area (Å²) in [6.07, 6.45) is 0. The van der Waals surface area contributed by atoms with Gasteiger partial charge in [-0.05, 0) is 94.0 Å². The molecule has 0 aliphatic heterocycles. The van der Waals surface area contributed by atoms with Crippen molar-refractivity contribution in [2.75, 3.05) is 0 Å². The van der Waals surface area contributed by atoms with Crippen LogP contribution in [0.4, 0.5) is 0 Å². The lowest BCUT2D eigenvalue weighted by atomic mass is 9.98. The van der Waals surface area contributed by atoms with Gasteiger partial charge in [-0.1, -0.05) is 109 Å². The largest absolute Gasteiger partial charge is 0.456 e. The first kappa shape index (κ1) is 29.8. The minimum Gasteiger partial charge on any atom is -0.456 e. The maximum absolute atomic E-state index is 10.5. The van der Waals surface area contributed by atoms with Gasteiger partial charge >= 0.3 is 0 Å². The van der Waals surface area contributed by atoms with E-state index in [1.807, 2.05) is 30.3 Å². The van der Waals surface area contributed by atoms with Crippen molar-refractivity contribution in [2.24, 2.45) is 0 Å². The molecule has 11 rings (SSSR count). The molecular formula is C49H28N2OS. The number of nitriles is 1. The standard InChI is InChI=1S/C49H28N2OS/c50-29-36-24-35(34-20-23-47-41(27-34)37-14-7-8-17-46(37)52-47)28-42-38-15-9-16-45(49(38)53-48(36)42)51-43-21-18-32(30-10-3-1-4-11-30)25-39(43)40-26-33(19-22-44(40)51)31-12-5-2-6-13-31/h1-28H. The maximum Gasteiger partial charge on any atom is 0.135 e. The predicted molar refractivity (Wildman–Crippen MR) is 222 cm³/mol. The third-order valence-corrected chi connectivity index (χ3v) is 11.9. The Morgan fingerprint density at radius 3 is 1.68 bits per heavy atom. The van der Waals surface area contributed by atoms with Crippen LogP contribution in [-0.4, -0.2) is 4.57 Å². The molecule has 0 saturated carbocycles. The first-order chi connectivity index (χ1) is 26.2. The van der Waals surface area contributed by atoms with Crippen molar-refractivity contribution >= 4 is 75.3 Å². The first-order valence-corrected chi connectivity index (χ1v) is 18.5. The van der Waals surface area contributed by atoms with E-state index in [1.165, 1.54) is 33.0 Å². The van der Waals surface area contributed by atoms with E-state index < -0.39 is 0 Å². The number of furan rings is 1. The molecule has 0 N–H and O–H groups in total. The van der Waals surface area contributed by atoms with Crippen LogP contribution in [0.5, 0.6) is 0 Å². The van der Waals surface area contributed by atoms with Crippen LogP contribution in [0.3, 0.4) is 0 Å². The van der Waals surface area contributed by atoms with Gasteiger partial charge in [0.05, 0.1) is 31.7 Å². The zero-order valence-electron chi connectivity index (χ0n) is 28.4. The zero-order chi connectivity index (χ0) is 35.0. The highest BCUT2D eigenvalue weighted by Crippen LogP contribution is 2.45. The highest BCUT2D eigenvalue weighted by molar-refractivity contribution is 7.26. The van der Waals surface area contributed by atoms with E-state index in [1.54, 1.807) is 11.3 Å². The summed E-state index contributed by atoms with van der Waals surface area (Å²) in [5.74, 6) is 0. The van der Waals surface area contributed by atoms with Gasteiger partial charge in [0.15, 0.2) is 0 Å². The molecule has 0 bridgehead atoms. The number of benzene rings is 8. The summed E-state index contributed by atoms with van der Waals surface area (Å²) in [6.45, 7) is 0. The van der Waals surface area contributed by atoms with Crippen molar-refractivity contribution < 1.29 is 4.42 Å². The molecule has 4 heteroatoms. The second-order valence-electron chi connectivity index (χ2n) is 13.6. The van der Waals surface area contributed by atoms with Crippen molar-refractivity contribution in [1.29, 1.82) is 5.26 Å². The molecule has 0 radical (unpaired) electrons. The Balaban J connectivity index is 1.15. The van der Waals surface area contributed by atoms with Crippen LogP contribution in [0.15, 0.2) is 174 Å². The Morgan fingerprint density at radius 1 is 0.415 bits per heavy atom. The maximum atomic E-state index is 10.5. The molecule has 53 heavy (non-hydrogen) atoms. The lowest BCUT2D eigenvalue weighted by Crippen LogP contribution is -1.94. The fourth-order valence-electron chi connectivity index (χ4n) is 8.12. The summed E-state index contributed by atoms with van der Waals surface area (Å²) in [5.41, 5.74) is 12.7. The number of hydrogen-bond donors (Lipinski definition) is 0. The Hall–Kier alpha value is -6.93. The monoisotopic (exact) mass is 692 g/mol. The Bertz CT molecular complexity index is 3190. The van der Waals surface area contributed by atoms with E-state index in [0.29, 0.717) is 5.56 Å². The predicted octanol–water partition coefficient (Wildman–Crippen LogP) is 13.9. The summed E-state index contributed by atoms with van der Waals surface area (Å²) in [4.78, 5) is 0. The quantitative estimate of drug-likeness (QED) is 0.184. The lowest BCUT2D eigenvalue weighted by Gasteiger charge is -2.10. The number of rotatable bonds is 4. The first-order valence-electron chi connectivity index (χ1n) is 17.7. The molecule has 0 spiro atoms. The lowest BCUT2D eigenvalue weighted by molar-refractivity contribution is 0.669. The van der Waals surface area contributed by atoms with E-state index in [2.05, 4.69) is 150 Å². The molecule has 0 unspecified atom stereocenters. The molecule has 0 fully saturated rings. The van der Waals surface area contributed by atoms with Gasteiger partial charge in [-0.15, -0.1) is 11.3 Å². The van der Waals surface area contributed by atoms with Crippen LogP contribution in [0, 0.1) is 11.3 Å². The van der Waals surface area contributed by atoms with Crippen LogP contribution in [0.25, 0.3) is 103 Å². The summed E-state index contributed by atoms with van der Waals surface area (Å²) in [6, 6.07) is 62.7. The fraction of sp³-hybridized carbons (Fsp3) is 0. The Kier molecular flexibility index (Phi) is 6.48. The zero-order valence-corrected chi connectivity index (χ0v) is 29.2. The highest BCUT2D eigenvalue weighted by atomic mass is 32.1. The van der Waals surface area contributed by atoms with Crippen LogP contribution in [-0.2, 0) is 0 Å². The summed E-state index contributed by atoms with van der Waals surface area (Å²) in [7, 11) is 0. The second kappa shape index (κ2) is 11.5. The van der Waals surface area contributed by atoms with Gasteiger partial charge in [0.2, 0.25) is 0 Å². The van der Waals surface area contributed by atoms with Crippen molar-refractivity contribution in [3.05, 3.63) is 175 Å². The van der Waals surface area contributed by atoms with Gasteiger partial charge in [-0.2, -0.15) is 5.26 Å². The summed E-state index contributed by atoms with van der Waals surface area (Å²) in [5, 5.41) is 17.3. The molecule has 3 nitrogen and oxygen atoms in total. The van der Waals surface area contributed by atoms with Crippen molar-refractivity contribution in [1.82, 2.24) is 4.57 Å². The average molecular weight is 693 g/mol. The van der Waals surface area contributed by atoms with E-state index in [-0.39, 0.29) is 0 Å². The Labute approximate surface area is 308 Å². The molecule has 0 aliphatic carbocycles. The van der Waals surface area contributed by atoms with Crippen LogP contribution in [0.1, 0.15) is 5.56 Å². The number of fused-ring (bicyclic) bond motifs is 9. The number of hydrogen-bond acceptors (Lipinski definition) is 3. The number of para-hydroxylation sites is 1. The van der Waals surface area contributed by atoms with Crippen LogP contribution < -0.4 is 0 Å². The molecule has 8 aromatic carbocycles. The Morgan fingerprint density at radius 2 is 0.981 bits per heavy atom. The van der Waals surface area contributed by atoms with Gasteiger partial charge in [-0.3, -0.25) is 0 Å². The molecule has 0 atom stereocenters. The third-order valence-electron chi connectivity index (χ3n) is 10.6. The van der Waals surface area contributed by atoms with E-state index in [0.717, 1.165) is 70.0 Å². The minimum absolute atomic E-state index is 0.684. The smallest absolute Gasteiger partial charge is 0.135 e. The highest BCUT2D eigenvalue weighted by Gasteiger charge is 2.20. The van der Waals surface area contributed by atoms with E-state index in [4.69, 9.17) is 4.42 Å². The van der Waals surface area contributed by atoms with Crippen molar-refractivity contribution in [3.8, 4) is 45.1 Å². The van der Waals surface area contributed by atoms with Crippen LogP contribution >= 0.6 is 11.3 Å². The van der Waals surface area contributed by atoms with Gasteiger partial charge in [0.1, 0.15) is 17.2 Å². The molecule has 0 amide bonds. The summed E-state index contributed by atoms with van der Waals surface area (Å²) < 4.78 is 10.7. The molecule has 3 heterocycles. The number of nitrogens with zero attached hydrogens (tertiary/aromatic N) is 2. The van der Waals surface area contributed by atoms with Gasteiger partial charge in [0.25, 0.3) is 0 Å². The summed E-state index contributed by atoms with van der Waals surface area (Å²) >= 11 is 1.71. The van der Waals surface area contributed by atoms with Crippen LogP contribution in [0.2, 0.25) is 0 Å². The van der Waals surface area contributed by atoms with Gasteiger partial charge in [-0.25, -0.2) is 0 Å². The number of aromatic nitrogens is 1. The molecular weight excluding hydrogens is 665 g/mol. The average Bonchev–Trinajstić information content (AvgIpc) is 3.90. The third kappa shape index (κ3) is 4.58. The number of thiophene rings is 1. The second-order valence-corrected chi connectivity index (χ2v) is 14.6. The van der Waals surface area contributed by atoms with Gasteiger partial charge in [0, 0.05) is 32.3 Å². The normalized spacial score (nSPS) is 11.8. The SMILES string of the molecule is N#Cc1cc(-c2ccc3oc4ccccc4c3c2)cc2c1sc1c(-n3c4ccc(-c5ccccc5)cc4c4cc(-c5ccccc5)ccc43)cccc12. The van der Waals surface area contributed by atoms with E-state index in [9.17, 15) is 5.26 Å². The van der Waals surface area contributed by atoms with Crippen molar-refractivity contribution in [2.45, 2.75) is 0 Å². The van der Waals surface area contributed by atoms with Crippen molar-refractivity contribution in [3.63, 3.8) is 0 Å². The molecule has 11 aromatic rings. The molecule has 246 valence electrons. The molecule has 0 saturated heterocycles. The molecule has 3 aromatic heterocycles. The minimum atomic E-state index is 0.684. The topological polar surface area (TPSA) is 41.9 Å². The van der Waals surface area contributed by atoms with Gasteiger partial charge < -0.3 is 8.98 Å².